The topological polar surface area (TPSA) is 21.3 Å². The molecule has 2 nitrogen and oxygen atoms in total. The number of ether oxygens (including phenoxy) is 1. The summed E-state index contributed by atoms with van der Waals surface area (Å²) in [5.74, 6) is 1.03. The van der Waals surface area contributed by atoms with Crippen LogP contribution >= 0.6 is 0 Å². The number of para-hydroxylation sites is 1. The molecule has 0 radical (unpaired) electrons. The molecule has 94 valence electrons. The fourth-order valence-corrected chi connectivity index (χ4v) is 2.58. The van der Waals surface area contributed by atoms with Gasteiger partial charge >= 0.3 is 0 Å². The van der Waals surface area contributed by atoms with E-state index in [9.17, 15) is 0 Å². The van der Waals surface area contributed by atoms with Crippen LogP contribution in [0.5, 0.6) is 5.75 Å². The molecule has 0 saturated heterocycles. The molecule has 1 unspecified atom stereocenters. The third kappa shape index (κ3) is 2.32. The van der Waals surface area contributed by atoms with Gasteiger partial charge in [0.15, 0.2) is 0 Å². The first-order chi connectivity index (χ1) is 8.08. The average Bonchev–Trinajstić information content (AvgIpc) is 2.56. The zero-order valence-corrected chi connectivity index (χ0v) is 11.3. The summed E-state index contributed by atoms with van der Waals surface area (Å²) in [6, 6.07) is 9.22. The summed E-state index contributed by atoms with van der Waals surface area (Å²) in [6.07, 6.45) is 2.32. The first-order valence-electron chi connectivity index (χ1n) is 6.62. The molecule has 1 aliphatic heterocycles. The molecule has 1 heterocycles. The number of hydrogen-bond acceptors (Lipinski definition) is 2. The highest BCUT2D eigenvalue weighted by Gasteiger charge is 2.41. The first kappa shape index (κ1) is 12.4. The second-order valence-electron chi connectivity index (χ2n) is 5.36. The molecule has 2 rings (SSSR count). The molecular formula is C15H23NO. The molecule has 1 aliphatic rings. The van der Waals surface area contributed by atoms with E-state index in [0.717, 1.165) is 18.6 Å². The number of fused-ring (bicyclic) bond motifs is 1. The first-order valence-corrected chi connectivity index (χ1v) is 6.62. The molecule has 1 aromatic rings. The Hall–Kier alpha value is -1.02. The van der Waals surface area contributed by atoms with Gasteiger partial charge in [-0.05, 0) is 32.8 Å². The van der Waals surface area contributed by atoms with Crippen molar-refractivity contribution in [1.29, 1.82) is 0 Å². The molecule has 17 heavy (non-hydrogen) atoms. The largest absolute Gasteiger partial charge is 0.486 e. The van der Waals surface area contributed by atoms with Crippen LogP contribution in [0.1, 0.15) is 52.1 Å². The van der Waals surface area contributed by atoms with E-state index in [4.69, 9.17) is 4.74 Å². The minimum Gasteiger partial charge on any atom is -0.486 e. The van der Waals surface area contributed by atoms with Gasteiger partial charge in [-0.2, -0.15) is 0 Å². The van der Waals surface area contributed by atoms with Crippen molar-refractivity contribution in [2.75, 3.05) is 0 Å². The van der Waals surface area contributed by atoms with Gasteiger partial charge in [-0.25, -0.2) is 0 Å². The predicted molar refractivity (Wildman–Crippen MR) is 71.4 cm³/mol. The molecule has 0 amide bonds. The maximum Gasteiger partial charge on any atom is 0.125 e. The van der Waals surface area contributed by atoms with Gasteiger partial charge in [0, 0.05) is 11.6 Å². The lowest BCUT2D eigenvalue weighted by atomic mass is 9.93. The van der Waals surface area contributed by atoms with Gasteiger partial charge in [0.25, 0.3) is 0 Å². The van der Waals surface area contributed by atoms with Crippen LogP contribution in [0, 0.1) is 0 Å². The van der Waals surface area contributed by atoms with Gasteiger partial charge in [0.1, 0.15) is 11.4 Å². The van der Waals surface area contributed by atoms with Crippen LogP contribution in [0.25, 0.3) is 0 Å². The Morgan fingerprint density at radius 1 is 1.24 bits per heavy atom. The zero-order valence-electron chi connectivity index (χ0n) is 11.3. The zero-order chi connectivity index (χ0) is 12.5. The molecule has 0 aliphatic carbocycles. The SMILES string of the molecule is CCC(CC)NC1c2ccccc2OC1(C)C. The highest BCUT2D eigenvalue weighted by Crippen LogP contribution is 2.43. The summed E-state index contributed by atoms with van der Waals surface area (Å²) in [6.45, 7) is 8.78. The summed E-state index contributed by atoms with van der Waals surface area (Å²) in [7, 11) is 0. The highest BCUT2D eigenvalue weighted by molar-refractivity contribution is 5.42. The second kappa shape index (κ2) is 4.69. The number of hydrogen-bond donors (Lipinski definition) is 1. The minimum absolute atomic E-state index is 0.160. The van der Waals surface area contributed by atoms with Crippen LogP contribution in [-0.2, 0) is 0 Å². The van der Waals surface area contributed by atoms with Crippen molar-refractivity contribution < 1.29 is 4.74 Å². The van der Waals surface area contributed by atoms with E-state index in [1.807, 2.05) is 6.07 Å². The van der Waals surface area contributed by atoms with E-state index in [1.54, 1.807) is 0 Å². The van der Waals surface area contributed by atoms with Crippen LogP contribution in [0.15, 0.2) is 24.3 Å². The van der Waals surface area contributed by atoms with Crippen LogP contribution in [0.2, 0.25) is 0 Å². The molecule has 0 aromatic heterocycles. The van der Waals surface area contributed by atoms with Crippen molar-refractivity contribution in [3.63, 3.8) is 0 Å². The molecule has 2 heteroatoms. The van der Waals surface area contributed by atoms with Crippen LogP contribution in [-0.4, -0.2) is 11.6 Å². The fourth-order valence-electron chi connectivity index (χ4n) is 2.58. The Labute approximate surface area is 104 Å². The lowest BCUT2D eigenvalue weighted by Crippen LogP contribution is -2.43. The van der Waals surface area contributed by atoms with Gasteiger partial charge < -0.3 is 10.1 Å². The monoisotopic (exact) mass is 233 g/mol. The van der Waals surface area contributed by atoms with Gasteiger partial charge in [-0.3, -0.25) is 0 Å². The standard InChI is InChI=1S/C15H23NO/c1-5-11(6-2)16-14-12-9-7-8-10-13(12)17-15(14,3)4/h7-11,14,16H,5-6H2,1-4H3. The lowest BCUT2D eigenvalue weighted by molar-refractivity contribution is 0.0902. The minimum atomic E-state index is -0.160. The summed E-state index contributed by atoms with van der Waals surface area (Å²) in [5.41, 5.74) is 1.14. The van der Waals surface area contributed by atoms with Crippen molar-refractivity contribution in [2.24, 2.45) is 0 Å². The van der Waals surface area contributed by atoms with Gasteiger partial charge in [-0.1, -0.05) is 32.0 Å². The van der Waals surface area contributed by atoms with Crippen molar-refractivity contribution in [3.05, 3.63) is 29.8 Å². The Morgan fingerprint density at radius 3 is 2.53 bits per heavy atom. The number of rotatable bonds is 4. The van der Waals surface area contributed by atoms with Gasteiger partial charge in [0.05, 0.1) is 6.04 Å². The van der Waals surface area contributed by atoms with E-state index < -0.39 is 0 Å². The van der Waals surface area contributed by atoms with E-state index in [1.165, 1.54) is 5.56 Å². The van der Waals surface area contributed by atoms with E-state index in [2.05, 4.69) is 51.2 Å². The van der Waals surface area contributed by atoms with Crippen molar-refractivity contribution in [1.82, 2.24) is 5.32 Å². The van der Waals surface area contributed by atoms with Crippen molar-refractivity contribution in [3.8, 4) is 5.75 Å². The highest BCUT2D eigenvalue weighted by atomic mass is 16.5. The van der Waals surface area contributed by atoms with Crippen molar-refractivity contribution in [2.45, 2.75) is 58.2 Å². The summed E-state index contributed by atoms with van der Waals surface area (Å²) in [5, 5.41) is 3.74. The maximum atomic E-state index is 6.03. The molecule has 0 fully saturated rings. The van der Waals surface area contributed by atoms with E-state index in [0.29, 0.717) is 12.1 Å². The molecule has 1 atom stereocenters. The number of benzene rings is 1. The predicted octanol–water partition coefficient (Wildman–Crippen LogP) is 3.68. The quantitative estimate of drug-likeness (QED) is 0.856. The third-order valence-electron chi connectivity index (χ3n) is 3.69. The Morgan fingerprint density at radius 2 is 1.88 bits per heavy atom. The maximum absolute atomic E-state index is 6.03. The van der Waals surface area contributed by atoms with Gasteiger partial charge in [0.2, 0.25) is 0 Å². The second-order valence-corrected chi connectivity index (χ2v) is 5.36. The van der Waals surface area contributed by atoms with E-state index in [-0.39, 0.29) is 5.60 Å². The third-order valence-corrected chi connectivity index (χ3v) is 3.69. The molecule has 0 saturated carbocycles. The van der Waals surface area contributed by atoms with Crippen LogP contribution in [0.3, 0.4) is 0 Å². The van der Waals surface area contributed by atoms with Crippen molar-refractivity contribution >= 4 is 0 Å². The van der Waals surface area contributed by atoms with Gasteiger partial charge in [-0.15, -0.1) is 0 Å². The fraction of sp³-hybridized carbons (Fsp3) is 0.600. The van der Waals surface area contributed by atoms with E-state index >= 15 is 0 Å². The Kier molecular flexibility index (Phi) is 3.43. The molecule has 1 N–H and O–H groups in total. The molecule has 0 spiro atoms. The summed E-state index contributed by atoms with van der Waals surface area (Å²) >= 11 is 0. The summed E-state index contributed by atoms with van der Waals surface area (Å²) in [4.78, 5) is 0. The number of nitrogens with one attached hydrogen (secondary N) is 1. The molecular weight excluding hydrogens is 210 g/mol. The smallest absolute Gasteiger partial charge is 0.125 e. The Bertz CT molecular complexity index is 382. The van der Waals surface area contributed by atoms with Crippen LogP contribution in [0.4, 0.5) is 0 Å². The molecule has 1 aromatic carbocycles. The Balaban J connectivity index is 2.25. The lowest BCUT2D eigenvalue weighted by Gasteiger charge is -2.30. The summed E-state index contributed by atoms with van der Waals surface area (Å²) < 4.78 is 6.03. The normalized spacial score (nSPS) is 21.4. The van der Waals surface area contributed by atoms with Crippen LogP contribution < -0.4 is 10.1 Å². The average molecular weight is 233 g/mol. The molecule has 0 bridgehead atoms.